The summed E-state index contributed by atoms with van der Waals surface area (Å²) in [5.74, 6) is 0.555. The molecule has 1 fully saturated rings. The van der Waals surface area contributed by atoms with Gasteiger partial charge < -0.3 is 14.2 Å². The Labute approximate surface area is 127 Å². The maximum atomic E-state index is 12.0. The third-order valence-corrected chi connectivity index (χ3v) is 3.70. The van der Waals surface area contributed by atoms with Crippen LogP contribution in [0.25, 0.3) is 0 Å². The van der Waals surface area contributed by atoms with Crippen LogP contribution in [0.1, 0.15) is 31.6 Å². The van der Waals surface area contributed by atoms with E-state index in [9.17, 15) is 18.0 Å². The minimum absolute atomic E-state index is 0.123. The molecule has 5 nitrogen and oxygen atoms in total. The largest absolute Gasteiger partial charge is 0.411 e. The number of aryl methyl sites for hydroxylation is 1. The van der Waals surface area contributed by atoms with Gasteiger partial charge in [0, 0.05) is 31.9 Å². The summed E-state index contributed by atoms with van der Waals surface area (Å²) in [6, 6.07) is 0.123. The van der Waals surface area contributed by atoms with E-state index in [-0.39, 0.29) is 6.04 Å². The Hall–Kier alpha value is -1.57. The van der Waals surface area contributed by atoms with Gasteiger partial charge in [0.2, 0.25) is 5.91 Å². The summed E-state index contributed by atoms with van der Waals surface area (Å²) < 4.78 is 42.6. The average molecular weight is 319 g/mol. The number of alkyl halides is 3. The monoisotopic (exact) mass is 319 g/mol. The molecule has 0 radical (unpaired) electrons. The second-order valence-corrected chi connectivity index (χ2v) is 5.35. The number of imidazole rings is 1. The van der Waals surface area contributed by atoms with Crippen LogP contribution in [-0.2, 0) is 16.0 Å². The van der Waals surface area contributed by atoms with Crippen LogP contribution in [0.2, 0.25) is 0 Å². The Morgan fingerprint density at radius 2 is 2.27 bits per heavy atom. The predicted octanol–water partition coefficient (Wildman–Crippen LogP) is 2.19. The van der Waals surface area contributed by atoms with Gasteiger partial charge in [-0.05, 0) is 12.8 Å². The van der Waals surface area contributed by atoms with Gasteiger partial charge >= 0.3 is 6.18 Å². The summed E-state index contributed by atoms with van der Waals surface area (Å²) in [5.41, 5.74) is 0. The van der Waals surface area contributed by atoms with E-state index in [1.807, 2.05) is 13.1 Å². The van der Waals surface area contributed by atoms with Gasteiger partial charge in [0.1, 0.15) is 19.0 Å². The number of likely N-dealkylation sites (tertiary alicyclic amines) is 1. The first-order chi connectivity index (χ1) is 10.4. The molecule has 0 bridgehead atoms. The molecule has 0 unspecified atom stereocenters. The zero-order valence-electron chi connectivity index (χ0n) is 12.5. The topological polar surface area (TPSA) is 47.4 Å². The number of hydrogen-bond donors (Lipinski definition) is 0. The highest BCUT2D eigenvalue weighted by Crippen LogP contribution is 2.23. The molecular formula is C14H20F3N3O2. The van der Waals surface area contributed by atoms with Gasteiger partial charge in [0.15, 0.2) is 0 Å². The Balaban J connectivity index is 1.89. The zero-order valence-corrected chi connectivity index (χ0v) is 12.5. The summed E-state index contributed by atoms with van der Waals surface area (Å²) in [4.78, 5) is 17.8. The molecule has 1 aliphatic heterocycles. The minimum atomic E-state index is -4.41. The van der Waals surface area contributed by atoms with Crippen LogP contribution >= 0.6 is 0 Å². The number of halogens is 3. The zero-order chi connectivity index (χ0) is 16.2. The Morgan fingerprint density at radius 3 is 2.95 bits per heavy atom. The van der Waals surface area contributed by atoms with E-state index in [2.05, 4.69) is 14.3 Å². The van der Waals surface area contributed by atoms with E-state index in [0.717, 1.165) is 25.1 Å². The van der Waals surface area contributed by atoms with Crippen molar-refractivity contribution in [3.8, 4) is 0 Å². The van der Waals surface area contributed by atoms with Gasteiger partial charge in [-0.2, -0.15) is 13.2 Å². The molecule has 0 spiro atoms. The fraction of sp³-hybridized carbons (Fsp3) is 0.714. The van der Waals surface area contributed by atoms with Crippen LogP contribution in [-0.4, -0.2) is 52.8 Å². The summed E-state index contributed by atoms with van der Waals surface area (Å²) in [7, 11) is 0. The molecular weight excluding hydrogens is 299 g/mol. The summed E-state index contributed by atoms with van der Waals surface area (Å²) in [6.45, 7) is 1.13. The lowest BCUT2D eigenvalue weighted by Gasteiger charge is -2.34. The van der Waals surface area contributed by atoms with E-state index >= 15 is 0 Å². The molecule has 2 heterocycles. The third-order valence-electron chi connectivity index (χ3n) is 3.70. The second kappa shape index (κ2) is 7.13. The highest BCUT2D eigenvalue weighted by atomic mass is 19.4. The molecule has 1 atom stereocenters. The summed E-state index contributed by atoms with van der Waals surface area (Å²) in [6.07, 6.45) is 1.75. The quantitative estimate of drug-likeness (QED) is 0.836. The van der Waals surface area contributed by atoms with Gasteiger partial charge in [0.05, 0.1) is 6.04 Å². The highest BCUT2D eigenvalue weighted by molar-refractivity contribution is 5.77. The molecule has 2 rings (SSSR count). The Kier molecular flexibility index (Phi) is 5.44. The number of aromatic nitrogens is 2. The van der Waals surface area contributed by atoms with Crippen molar-refractivity contribution in [2.75, 3.05) is 26.3 Å². The van der Waals surface area contributed by atoms with Crippen LogP contribution < -0.4 is 0 Å². The van der Waals surface area contributed by atoms with Crippen molar-refractivity contribution in [1.29, 1.82) is 0 Å². The molecule has 22 heavy (non-hydrogen) atoms. The van der Waals surface area contributed by atoms with Crippen LogP contribution in [0.4, 0.5) is 13.2 Å². The molecule has 0 aromatic carbocycles. The SMILES string of the molecule is CCc1nccn1[C@@H]1CCCN(C(=O)COCC(F)(F)F)C1. The number of hydrogen-bond acceptors (Lipinski definition) is 3. The van der Waals surface area contributed by atoms with Gasteiger partial charge in [-0.25, -0.2) is 4.98 Å². The van der Waals surface area contributed by atoms with Crippen molar-refractivity contribution in [1.82, 2.24) is 14.5 Å². The second-order valence-electron chi connectivity index (χ2n) is 5.35. The maximum Gasteiger partial charge on any atom is 0.411 e. The van der Waals surface area contributed by atoms with Crippen LogP contribution in [0.3, 0.4) is 0 Å². The lowest BCUT2D eigenvalue weighted by atomic mass is 10.1. The minimum Gasteiger partial charge on any atom is -0.362 e. The van der Waals surface area contributed by atoms with Gasteiger partial charge in [-0.1, -0.05) is 6.92 Å². The number of nitrogens with zero attached hydrogens (tertiary/aromatic N) is 3. The molecule has 1 amide bonds. The van der Waals surface area contributed by atoms with Crippen molar-refractivity contribution in [2.45, 2.75) is 38.4 Å². The Morgan fingerprint density at radius 1 is 1.50 bits per heavy atom. The molecule has 0 N–H and O–H groups in total. The number of carbonyl (C=O) groups excluding carboxylic acids is 1. The van der Waals surface area contributed by atoms with E-state index < -0.39 is 25.3 Å². The van der Waals surface area contributed by atoms with Crippen molar-refractivity contribution >= 4 is 5.91 Å². The van der Waals surface area contributed by atoms with Gasteiger partial charge in [0.25, 0.3) is 0 Å². The summed E-state index contributed by atoms with van der Waals surface area (Å²) >= 11 is 0. The molecule has 0 saturated carbocycles. The molecule has 124 valence electrons. The molecule has 1 aromatic heterocycles. The van der Waals surface area contributed by atoms with Gasteiger partial charge in [-0.15, -0.1) is 0 Å². The smallest absolute Gasteiger partial charge is 0.362 e. The third kappa shape index (κ3) is 4.46. The summed E-state index contributed by atoms with van der Waals surface area (Å²) in [5, 5.41) is 0. The molecule has 1 aliphatic rings. The fourth-order valence-electron chi connectivity index (χ4n) is 2.70. The number of rotatable bonds is 5. The van der Waals surface area contributed by atoms with Crippen LogP contribution in [0, 0.1) is 0 Å². The molecule has 1 saturated heterocycles. The van der Waals surface area contributed by atoms with E-state index in [0.29, 0.717) is 13.1 Å². The maximum absolute atomic E-state index is 12.0. The highest BCUT2D eigenvalue weighted by Gasteiger charge is 2.29. The lowest BCUT2D eigenvalue weighted by Crippen LogP contribution is -2.43. The van der Waals surface area contributed by atoms with Crippen LogP contribution in [0.5, 0.6) is 0 Å². The molecule has 8 heteroatoms. The van der Waals surface area contributed by atoms with E-state index in [4.69, 9.17) is 0 Å². The van der Waals surface area contributed by atoms with Crippen molar-refractivity contribution < 1.29 is 22.7 Å². The first-order valence-corrected chi connectivity index (χ1v) is 7.34. The first-order valence-electron chi connectivity index (χ1n) is 7.34. The number of piperidine rings is 1. The van der Waals surface area contributed by atoms with E-state index in [1.165, 1.54) is 0 Å². The lowest BCUT2D eigenvalue weighted by molar-refractivity contribution is -0.178. The molecule has 0 aliphatic carbocycles. The average Bonchev–Trinajstić information content (AvgIpc) is 2.94. The Bertz CT molecular complexity index is 502. The standard InChI is InChI=1S/C14H20F3N3O2/c1-2-12-18-5-7-20(12)11-4-3-6-19(8-11)13(21)9-22-10-14(15,16)17/h5,7,11H,2-4,6,8-10H2,1H3/t11-/m1/s1. The molecule has 1 aromatic rings. The van der Waals surface area contributed by atoms with E-state index in [1.54, 1.807) is 11.1 Å². The van der Waals surface area contributed by atoms with Gasteiger partial charge in [-0.3, -0.25) is 4.79 Å². The fourth-order valence-corrected chi connectivity index (χ4v) is 2.70. The van der Waals surface area contributed by atoms with Crippen molar-refractivity contribution in [3.05, 3.63) is 18.2 Å². The van der Waals surface area contributed by atoms with Crippen molar-refractivity contribution in [2.24, 2.45) is 0 Å². The number of ether oxygens (including phenoxy) is 1. The predicted molar refractivity (Wildman–Crippen MR) is 73.3 cm³/mol. The normalized spacial score (nSPS) is 19.5. The number of carbonyl (C=O) groups is 1. The first kappa shape index (κ1) is 16.8. The van der Waals surface area contributed by atoms with Crippen molar-refractivity contribution in [3.63, 3.8) is 0 Å². The number of amides is 1. The van der Waals surface area contributed by atoms with Crippen LogP contribution in [0.15, 0.2) is 12.4 Å².